The normalized spacial score (nSPS) is 9.44. The molecule has 16 heavy (non-hydrogen) atoms. The Balaban J connectivity index is 4.17. The van der Waals surface area contributed by atoms with Gasteiger partial charge in [-0.1, -0.05) is 6.07 Å². The number of benzene rings is 1. The highest BCUT2D eigenvalue weighted by Gasteiger charge is 2.02. The molecule has 5 heteroatoms. The van der Waals surface area contributed by atoms with Gasteiger partial charge in [-0.05, 0) is 18.6 Å². The molecule has 0 unspecified atom stereocenters. The van der Waals surface area contributed by atoms with E-state index in [0.29, 0.717) is 5.56 Å². The Labute approximate surface area is 90.5 Å². The van der Waals surface area contributed by atoms with Crippen LogP contribution in [0.1, 0.15) is 5.56 Å². The summed E-state index contributed by atoms with van der Waals surface area (Å²) in [6.07, 6.45) is 0. The van der Waals surface area contributed by atoms with E-state index < -0.39 is 7.17 Å². The van der Waals surface area contributed by atoms with Crippen LogP contribution in [0.25, 0.3) is 0 Å². The van der Waals surface area contributed by atoms with Crippen LogP contribution in [0.2, 0.25) is 0 Å². The average Bonchev–Trinajstić information content (AvgIpc) is 2.31. The lowest BCUT2D eigenvalue weighted by Gasteiger charge is -1.94. The highest BCUT2D eigenvalue weighted by atomic mass is 31.1. The molecule has 0 aliphatic heterocycles. The minimum atomic E-state index is -1.96. The molecule has 0 N–H and O–H groups in total. The molecule has 0 atom stereocenters. The molecule has 0 spiro atoms. The summed E-state index contributed by atoms with van der Waals surface area (Å²) >= 11 is 0. The standard InChI is InChI=1S/C11H5O4P/c1-8-2-3-11(16(6-14)7-15)10(5-13)9(8)4-12/h2-3H,1H3. The lowest BCUT2D eigenvalue weighted by Crippen LogP contribution is -2.39. The lowest BCUT2D eigenvalue weighted by atomic mass is 10.2. The van der Waals surface area contributed by atoms with Crippen molar-refractivity contribution in [2.75, 3.05) is 0 Å². The zero-order chi connectivity index (χ0) is 12.1. The Hall–Kier alpha value is -2.16. The molecule has 0 saturated heterocycles. The molecule has 0 aliphatic carbocycles. The van der Waals surface area contributed by atoms with Crippen LogP contribution in [-0.4, -0.2) is 23.2 Å². The summed E-state index contributed by atoms with van der Waals surface area (Å²) < 4.78 is 0. The summed E-state index contributed by atoms with van der Waals surface area (Å²) in [5.74, 6) is 3.15. The fraction of sp³-hybridized carbons (Fsp3) is 0.0909. The Morgan fingerprint density at radius 2 is 1.50 bits per heavy atom. The van der Waals surface area contributed by atoms with E-state index in [1.165, 1.54) is 23.5 Å². The Bertz CT molecular complexity index is 717. The molecule has 78 valence electrons. The van der Waals surface area contributed by atoms with Gasteiger partial charge in [0.1, 0.15) is 11.9 Å². The number of hydrogen-bond acceptors (Lipinski definition) is 4. The van der Waals surface area contributed by atoms with Gasteiger partial charge in [0.2, 0.25) is 0 Å². The van der Waals surface area contributed by atoms with Crippen LogP contribution in [0.5, 0.6) is 0 Å². The Kier molecular flexibility index (Phi) is 3.78. The van der Waals surface area contributed by atoms with Gasteiger partial charge in [0.15, 0.2) is 11.3 Å². The number of aryl methyl sites for hydroxylation is 1. The summed E-state index contributed by atoms with van der Waals surface area (Å²) in [7, 11) is -1.96. The molecule has 0 radical (unpaired) electrons. The van der Waals surface area contributed by atoms with E-state index in [1.54, 1.807) is 18.8 Å². The lowest BCUT2D eigenvalue weighted by molar-refractivity contribution is 0.564. The molecule has 0 aromatic heterocycles. The van der Waals surface area contributed by atoms with Crippen LogP contribution in [0.15, 0.2) is 12.1 Å². The van der Waals surface area contributed by atoms with E-state index >= 15 is 0 Å². The average molecular weight is 232 g/mol. The highest BCUT2D eigenvalue weighted by Crippen LogP contribution is 1.98. The van der Waals surface area contributed by atoms with E-state index in [-0.39, 0.29) is 15.7 Å². The third-order valence-electron chi connectivity index (χ3n) is 2.02. The monoisotopic (exact) mass is 232 g/mol. The summed E-state index contributed by atoms with van der Waals surface area (Å²) in [6, 6.07) is 2.96. The fourth-order valence-electron chi connectivity index (χ4n) is 1.23. The molecule has 0 saturated carbocycles. The Morgan fingerprint density at radius 3 is 1.94 bits per heavy atom. The molecular weight excluding hydrogens is 227 g/mol. The predicted octanol–water partition coefficient (Wildman–Crippen LogP) is -1.76. The van der Waals surface area contributed by atoms with Crippen LogP contribution >= 0.6 is 7.17 Å². The van der Waals surface area contributed by atoms with Gasteiger partial charge in [-0.25, -0.2) is 19.2 Å². The van der Waals surface area contributed by atoms with E-state index in [9.17, 15) is 19.2 Å². The molecule has 0 amide bonds. The molecule has 4 nitrogen and oxygen atoms in total. The Morgan fingerprint density at radius 1 is 0.938 bits per heavy atom. The van der Waals surface area contributed by atoms with E-state index in [2.05, 4.69) is 0 Å². The van der Waals surface area contributed by atoms with Gasteiger partial charge in [0.25, 0.3) is 0 Å². The smallest absolute Gasteiger partial charge is 0.161 e. The maximum absolute atomic E-state index is 10.7. The van der Waals surface area contributed by atoms with Crippen molar-refractivity contribution >= 4 is 35.7 Å². The predicted molar refractivity (Wildman–Crippen MR) is 58.0 cm³/mol. The van der Waals surface area contributed by atoms with Crippen molar-refractivity contribution in [2.24, 2.45) is 0 Å². The van der Waals surface area contributed by atoms with Gasteiger partial charge < -0.3 is 0 Å². The zero-order valence-corrected chi connectivity index (χ0v) is 9.13. The first-order valence-corrected chi connectivity index (χ1v) is 5.49. The molecule has 1 rings (SSSR count). The molecule has 0 heterocycles. The van der Waals surface area contributed by atoms with Crippen molar-refractivity contribution in [1.29, 1.82) is 0 Å². The van der Waals surface area contributed by atoms with Crippen LogP contribution in [0.4, 0.5) is 0 Å². The molecular formula is C11H5O4P. The van der Waals surface area contributed by atoms with Crippen molar-refractivity contribution < 1.29 is 19.2 Å². The molecule has 0 aliphatic rings. The third-order valence-corrected chi connectivity index (χ3v) is 3.24. The summed E-state index contributed by atoms with van der Waals surface area (Å²) in [5.41, 5.74) is 3.52. The maximum Gasteiger partial charge on any atom is 0.161 e. The minimum Gasteiger partial charge on any atom is -0.233 e. The van der Waals surface area contributed by atoms with Crippen molar-refractivity contribution in [1.82, 2.24) is 0 Å². The van der Waals surface area contributed by atoms with Gasteiger partial charge in [0.05, 0.1) is 17.6 Å². The largest absolute Gasteiger partial charge is 0.233 e. The SMILES string of the molecule is Cc1ccc(P(=C=O)=C=O)c(=C=O)c1=C=O. The van der Waals surface area contributed by atoms with E-state index in [4.69, 9.17) is 0 Å². The topological polar surface area (TPSA) is 68.3 Å². The van der Waals surface area contributed by atoms with Gasteiger partial charge in [0, 0.05) is 5.30 Å². The second-order valence-electron chi connectivity index (χ2n) is 2.87. The van der Waals surface area contributed by atoms with Crippen LogP contribution in [0.3, 0.4) is 0 Å². The first-order chi connectivity index (χ1) is 7.69. The molecule has 0 fully saturated rings. The molecule has 1 aromatic carbocycles. The second-order valence-corrected chi connectivity index (χ2v) is 4.39. The summed E-state index contributed by atoms with van der Waals surface area (Å²) in [5, 5.41) is 0.0530. The van der Waals surface area contributed by atoms with Crippen LogP contribution in [0, 0.1) is 6.92 Å². The highest BCUT2D eigenvalue weighted by molar-refractivity contribution is 7.62. The fourth-order valence-corrected chi connectivity index (χ4v) is 2.07. The zero-order valence-electron chi connectivity index (χ0n) is 8.23. The van der Waals surface area contributed by atoms with Gasteiger partial charge in [-0.15, -0.1) is 0 Å². The third kappa shape index (κ3) is 1.93. The van der Waals surface area contributed by atoms with Gasteiger partial charge >= 0.3 is 0 Å². The number of hydrogen-bond donors (Lipinski definition) is 0. The van der Waals surface area contributed by atoms with Crippen molar-refractivity contribution in [2.45, 2.75) is 6.92 Å². The van der Waals surface area contributed by atoms with Crippen LogP contribution < -0.4 is 15.7 Å². The van der Waals surface area contributed by atoms with Gasteiger partial charge in [-0.2, -0.15) is 0 Å². The maximum atomic E-state index is 10.7. The summed E-state index contributed by atoms with van der Waals surface area (Å²) in [4.78, 5) is 42.4. The number of rotatable bonds is 1. The van der Waals surface area contributed by atoms with Crippen molar-refractivity contribution in [3.05, 3.63) is 28.1 Å². The van der Waals surface area contributed by atoms with E-state index in [1.807, 2.05) is 0 Å². The number of carbonyl (C=O) groups excluding carboxylic acids is 4. The van der Waals surface area contributed by atoms with E-state index in [0.717, 1.165) is 0 Å². The van der Waals surface area contributed by atoms with Crippen LogP contribution in [-0.2, 0) is 19.2 Å². The second kappa shape index (κ2) is 5.07. The quantitative estimate of drug-likeness (QED) is 0.538. The minimum absolute atomic E-state index is 0.0190. The van der Waals surface area contributed by atoms with Crippen molar-refractivity contribution in [3.8, 4) is 0 Å². The molecule has 0 bridgehead atoms. The first-order valence-electron chi connectivity index (χ1n) is 4.15. The first kappa shape index (κ1) is 11.9. The molecule has 1 aromatic rings. The van der Waals surface area contributed by atoms with Gasteiger partial charge in [-0.3, -0.25) is 0 Å². The van der Waals surface area contributed by atoms with Crippen molar-refractivity contribution in [3.63, 3.8) is 0 Å². The summed E-state index contributed by atoms with van der Waals surface area (Å²) in [6.45, 7) is 1.61.